The minimum Gasteiger partial charge on any atom is -0.490 e. The standard InChI is InChI=1S/C10H13BrO2/c1-8(12-2)7-13-10-6-4-3-5-9(10)11/h3-6,8H,7H2,1-2H3/t8-/m1/s1. The zero-order valence-electron chi connectivity index (χ0n) is 7.79. The van der Waals surface area contributed by atoms with Crippen molar-refractivity contribution in [1.82, 2.24) is 0 Å². The van der Waals surface area contributed by atoms with Gasteiger partial charge in [-0.3, -0.25) is 0 Å². The molecule has 0 aliphatic heterocycles. The molecular weight excluding hydrogens is 232 g/mol. The van der Waals surface area contributed by atoms with Gasteiger partial charge in [-0.25, -0.2) is 0 Å². The highest BCUT2D eigenvalue weighted by Gasteiger charge is 2.02. The van der Waals surface area contributed by atoms with Gasteiger partial charge in [-0.2, -0.15) is 0 Å². The van der Waals surface area contributed by atoms with E-state index in [9.17, 15) is 0 Å². The summed E-state index contributed by atoms with van der Waals surface area (Å²) in [7, 11) is 1.67. The number of para-hydroxylation sites is 1. The summed E-state index contributed by atoms with van der Waals surface area (Å²) in [5.74, 6) is 0.853. The van der Waals surface area contributed by atoms with Crippen LogP contribution in [0.25, 0.3) is 0 Å². The number of ether oxygens (including phenoxy) is 2. The molecule has 0 N–H and O–H groups in total. The molecule has 1 rings (SSSR count). The maximum absolute atomic E-state index is 5.52. The Kier molecular flexibility index (Phi) is 4.25. The molecule has 1 atom stereocenters. The third-order valence-corrected chi connectivity index (χ3v) is 2.37. The predicted octanol–water partition coefficient (Wildman–Crippen LogP) is 2.86. The van der Waals surface area contributed by atoms with E-state index in [0.29, 0.717) is 6.61 Å². The van der Waals surface area contributed by atoms with Crippen LogP contribution in [0.5, 0.6) is 5.75 Å². The SMILES string of the molecule is CO[C@H](C)COc1ccccc1Br. The zero-order valence-corrected chi connectivity index (χ0v) is 9.37. The molecule has 0 aliphatic rings. The largest absolute Gasteiger partial charge is 0.490 e. The van der Waals surface area contributed by atoms with Gasteiger partial charge in [-0.1, -0.05) is 12.1 Å². The van der Waals surface area contributed by atoms with Crippen molar-refractivity contribution in [2.24, 2.45) is 0 Å². The number of methoxy groups -OCH3 is 1. The van der Waals surface area contributed by atoms with E-state index >= 15 is 0 Å². The summed E-state index contributed by atoms with van der Waals surface area (Å²) in [6.45, 7) is 2.54. The Bertz CT molecular complexity index is 263. The molecule has 0 radical (unpaired) electrons. The molecule has 13 heavy (non-hydrogen) atoms. The third kappa shape index (κ3) is 3.36. The van der Waals surface area contributed by atoms with Gasteiger partial charge < -0.3 is 9.47 Å². The van der Waals surface area contributed by atoms with E-state index in [1.54, 1.807) is 7.11 Å². The molecule has 1 aromatic rings. The molecule has 0 saturated heterocycles. The van der Waals surface area contributed by atoms with Crippen molar-refractivity contribution in [2.45, 2.75) is 13.0 Å². The van der Waals surface area contributed by atoms with Gasteiger partial charge in [0.05, 0.1) is 10.6 Å². The van der Waals surface area contributed by atoms with E-state index in [1.165, 1.54) is 0 Å². The van der Waals surface area contributed by atoms with Crippen LogP contribution in [0.4, 0.5) is 0 Å². The van der Waals surface area contributed by atoms with Crippen LogP contribution in [0.3, 0.4) is 0 Å². The summed E-state index contributed by atoms with van der Waals surface area (Å²) in [5, 5.41) is 0. The normalized spacial score (nSPS) is 12.5. The van der Waals surface area contributed by atoms with Crippen molar-refractivity contribution < 1.29 is 9.47 Å². The van der Waals surface area contributed by atoms with Gasteiger partial charge in [0.2, 0.25) is 0 Å². The first-order chi connectivity index (χ1) is 6.24. The molecule has 0 aromatic heterocycles. The van der Waals surface area contributed by atoms with E-state index in [2.05, 4.69) is 15.9 Å². The van der Waals surface area contributed by atoms with Gasteiger partial charge in [-0.05, 0) is 35.0 Å². The van der Waals surface area contributed by atoms with Crippen molar-refractivity contribution in [1.29, 1.82) is 0 Å². The summed E-state index contributed by atoms with van der Waals surface area (Å²) >= 11 is 3.40. The number of hydrogen-bond donors (Lipinski definition) is 0. The Balaban J connectivity index is 2.50. The second kappa shape index (κ2) is 5.25. The Morgan fingerprint density at radius 1 is 1.38 bits per heavy atom. The van der Waals surface area contributed by atoms with Crippen LogP contribution < -0.4 is 4.74 Å². The van der Waals surface area contributed by atoms with Crippen molar-refractivity contribution in [2.75, 3.05) is 13.7 Å². The molecule has 0 saturated carbocycles. The Labute approximate surface area is 87.0 Å². The Morgan fingerprint density at radius 2 is 2.08 bits per heavy atom. The monoisotopic (exact) mass is 244 g/mol. The van der Waals surface area contributed by atoms with E-state index < -0.39 is 0 Å². The molecule has 2 nitrogen and oxygen atoms in total. The van der Waals surface area contributed by atoms with Gasteiger partial charge in [0.15, 0.2) is 0 Å². The summed E-state index contributed by atoms with van der Waals surface area (Å²) in [6.07, 6.45) is 0.118. The lowest BCUT2D eigenvalue weighted by atomic mass is 10.3. The van der Waals surface area contributed by atoms with Crippen LogP contribution in [-0.4, -0.2) is 19.8 Å². The van der Waals surface area contributed by atoms with E-state index in [-0.39, 0.29) is 6.10 Å². The highest BCUT2D eigenvalue weighted by Crippen LogP contribution is 2.23. The van der Waals surface area contributed by atoms with Crippen molar-refractivity contribution in [3.8, 4) is 5.75 Å². The molecule has 72 valence electrons. The molecule has 3 heteroatoms. The van der Waals surface area contributed by atoms with Crippen molar-refractivity contribution >= 4 is 15.9 Å². The van der Waals surface area contributed by atoms with Gasteiger partial charge in [0, 0.05) is 7.11 Å². The molecule has 0 heterocycles. The summed E-state index contributed by atoms with van der Waals surface area (Å²) in [4.78, 5) is 0. The van der Waals surface area contributed by atoms with Crippen LogP contribution in [0, 0.1) is 0 Å². The number of rotatable bonds is 4. The first-order valence-corrected chi connectivity index (χ1v) is 4.93. The molecule has 0 bridgehead atoms. The predicted molar refractivity (Wildman–Crippen MR) is 56.1 cm³/mol. The average molecular weight is 245 g/mol. The maximum atomic E-state index is 5.52. The van der Waals surface area contributed by atoms with E-state index in [4.69, 9.17) is 9.47 Å². The second-order valence-corrected chi connectivity index (χ2v) is 3.64. The fraction of sp³-hybridized carbons (Fsp3) is 0.400. The van der Waals surface area contributed by atoms with E-state index in [1.807, 2.05) is 31.2 Å². The van der Waals surface area contributed by atoms with Crippen LogP contribution >= 0.6 is 15.9 Å². The van der Waals surface area contributed by atoms with Crippen molar-refractivity contribution in [3.05, 3.63) is 28.7 Å². The summed E-state index contributed by atoms with van der Waals surface area (Å²) in [5.41, 5.74) is 0. The molecule has 0 aliphatic carbocycles. The topological polar surface area (TPSA) is 18.5 Å². The fourth-order valence-electron chi connectivity index (χ4n) is 0.837. The molecule has 0 spiro atoms. The zero-order chi connectivity index (χ0) is 9.68. The summed E-state index contributed by atoms with van der Waals surface area (Å²) in [6, 6.07) is 7.77. The quantitative estimate of drug-likeness (QED) is 0.812. The fourth-order valence-corrected chi connectivity index (χ4v) is 1.24. The molecule has 0 amide bonds. The first kappa shape index (κ1) is 10.5. The van der Waals surface area contributed by atoms with Crippen LogP contribution in [0.15, 0.2) is 28.7 Å². The van der Waals surface area contributed by atoms with Crippen molar-refractivity contribution in [3.63, 3.8) is 0 Å². The van der Waals surface area contributed by atoms with Gasteiger partial charge >= 0.3 is 0 Å². The van der Waals surface area contributed by atoms with Crippen LogP contribution in [-0.2, 0) is 4.74 Å². The third-order valence-electron chi connectivity index (χ3n) is 1.71. The minimum atomic E-state index is 0.118. The highest BCUT2D eigenvalue weighted by molar-refractivity contribution is 9.10. The smallest absolute Gasteiger partial charge is 0.133 e. The lowest BCUT2D eigenvalue weighted by molar-refractivity contribution is 0.0714. The lowest BCUT2D eigenvalue weighted by Crippen LogP contribution is -2.15. The van der Waals surface area contributed by atoms with Gasteiger partial charge in [0.25, 0.3) is 0 Å². The number of hydrogen-bond acceptors (Lipinski definition) is 2. The molecular formula is C10H13BrO2. The summed E-state index contributed by atoms with van der Waals surface area (Å²) < 4.78 is 11.6. The van der Waals surface area contributed by atoms with E-state index in [0.717, 1.165) is 10.2 Å². The average Bonchev–Trinajstić information content (AvgIpc) is 2.16. The Morgan fingerprint density at radius 3 is 2.69 bits per heavy atom. The van der Waals surface area contributed by atoms with Gasteiger partial charge in [0.1, 0.15) is 12.4 Å². The minimum absolute atomic E-state index is 0.118. The lowest BCUT2D eigenvalue weighted by Gasteiger charge is -2.12. The molecule has 0 fully saturated rings. The Hall–Kier alpha value is -0.540. The number of benzene rings is 1. The second-order valence-electron chi connectivity index (χ2n) is 2.79. The molecule has 0 unspecified atom stereocenters. The maximum Gasteiger partial charge on any atom is 0.133 e. The van der Waals surface area contributed by atoms with Crippen LogP contribution in [0.2, 0.25) is 0 Å². The number of halogens is 1. The molecule has 1 aromatic carbocycles. The first-order valence-electron chi connectivity index (χ1n) is 4.14. The van der Waals surface area contributed by atoms with Gasteiger partial charge in [-0.15, -0.1) is 0 Å². The van der Waals surface area contributed by atoms with Crippen LogP contribution in [0.1, 0.15) is 6.92 Å². The highest BCUT2D eigenvalue weighted by atomic mass is 79.9.